The Kier molecular flexibility index (Phi) is 15.6. The maximum absolute atomic E-state index is 14.0. The van der Waals surface area contributed by atoms with E-state index < -0.39 is 60.5 Å². The first-order valence-electron chi connectivity index (χ1n) is 21.8. The summed E-state index contributed by atoms with van der Waals surface area (Å²) in [6.07, 6.45) is -5.55. The van der Waals surface area contributed by atoms with E-state index in [4.69, 9.17) is 33.2 Å². The quantitative estimate of drug-likeness (QED) is 0.0828. The zero-order chi connectivity index (χ0) is 45.1. The van der Waals surface area contributed by atoms with Gasteiger partial charge in [0, 0.05) is 12.8 Å². The van der Waals surface area contributed by atoms with E-state index in [1.54, 1.807) is 27.7 Å². The molecule has 7 atom stereocenters. The minimum atomic E-state index is -1.36. The molecule has 0 bridgehead atoms. The normalized spacial score (nSPS) is 20.3. The van der Waals surface area contributed by atoms with Gasteiger partial charge < -0.3 is 43.8 Å². The van der Waals surface area contributed by atoms with Crippen LogP contribution in [-0.2, 0) is 62.6 Å². The number of ether oxygens (including phenoxy) is 7. The van der Waals surface area contributed by atoms with Crippen molar-refractivity contribution in [3.63, 3.8) is 0 Å². The molecule has 12 heteroatoms. The lowest BCUT2D eigenvalue weighted by atomic mass is 9.95. The molecule has 1 fully saturated rings. The molecule has 1 saturated heterocycles. The molecule has 0 aromatic heterocycles. The molecule has 5 aromatic carbocycles. The highest BCUT2D eigenvalue weighted by Gasteiger charge is 2.50. The van der Waals surface area contributed by atoms with Gasteiger partial charge in [0.05, 0.1) is 32.5 Å². The van der Waals surface area contributed by atoms with E-state index in [-0.39, 0.29) is 38.3 Å². The van der Waals surface area contributed by atoms with Crippen molar-refractivity contribution in [2.24, 2.45) is 0 Å². The van der Waals surface area contributed by atoms with Gasteiger partial charge in [-0.2, -0.15) is 0 Å². The number of carbonyl (C=O) groups excluding carboxylic acids is 3. The summed E-state index contributed by atoms with van der Waals surface area (Å²) in [6.45, 7) is 9.02. The maximum atomic E-state index is 14.0. The van der Waals surface area contributed by atoms with Gasteiger partial charge in [0.2, 0.25) is 5.91 Å². The fraction of sp³-hybridized carbons (Fsp3) is 0.365. The number of benzene rings is 5. The third-order valence-electron chi connectivity index (χ3n) is 11.1. The van der Waals surface area contributed by atoms with Crippen LogP contribution in [0.3, 0.4) is 0 Å². The molecule has 5 aromatic rings. The number of nitrogens with one attached hydrogen (secondary N) is 2. The van der Waals surface area contributed by atoms with Crippen LogP contribution in [-0.4, -0.2) is 79.6 Å². The Morgan fingerprint density at radius 1 is 0.656 bits per heavy atom. The van der Waals surface area contributed by atoms with Crippen LogP contribution in [0.1, 0.15) is 68.4 Å². The molecule has 64 heavy (non-hydrogen) atoms. The van der Waals surface area contributed by atoms with E-state index in [1.807, 2.05) is 127 Å². The summed E-state index contributed by atoms with van der Waals surface area (Å²) in [4.78, 5) is 40.8. The van der Waals surface area contributed by atoms with Crippen LogP contribution in [0.2, 0.25) is 0 Å². The lowest BCUT2D eigenvalue weighted by Gasteiger charge is -2.47. The van der Waals surface area contributed by atoms with Crippen molar-refractivity contribution in [1.82, 2.24) is 10.6 Å². The molecule has 1 heterocycles. The number of hydrogen-bond acceptors (Lipinski definition) is 10. The van der Waals surface area contributed by atoms with E-state index in [1.165, 1.54) is 6.92 Å². The second kappa shape index (κ2) is 21.7. The predicted molar refractivity (Wildman–Crippen MR) is 241 cm³/mol. The Bertz CT molecular complexity index is 2240. The van der Waals surface area contributed by atoms with E-state index >= 15 is 0 Å². The molecular weight excluding hydrogens is 813 g/mol. The molecule has 1 aliphatic heterocycles. The Balaban J connectivity index is 1.15. The molecule has 0 radical (unpaired) electrons. The summed E-state index contributed by atoms with van der Waals surface area (Å²) in [6, 6.07) is 42.9. The minimum absolute atomic E-state index is 0.0297. The average Bonchev–Trinajstić information content (AvgIpc) is 3.60. The first-order valence-corrected chi connectivity index (χ1v) is 21.8. The predicted octanol–water partition coefficient (Wildman–Crippen LogP) is 8.26. The van der Waals surface area contributed by atoms with E-state index in [0.717, 1.165) is 38.9 Å². The summed E-state index contributed by atoms with van der Waals surface area (Å²) in [5, 5.41) is 5.75. The van der Waals surface area contributed by atoms with Crippen molar-refractivity contribution in [2.75, 3.05) is 13.2 Å². The van der Waals surface area contributed by atoms with Gasteiger partial charge in [0.25, 0.3) is 0 Å². The number of carbonyl (C=O) groups is 3. The van der Waals surface area contributed by atoms with Crippen LogP contribution in [0, 0.1) is 0 Å². The fourth-order valence-corrected chi connectivity index (χ4v) is 8.13. The second-order valence-corrected chi connectivity index (χ2v) is 17.1. The first-order chi connectivity index (χ1) is 30.9. The Morgan fingerprint density at radius 2 is 1.16 bits per heavy atom. The number of rotatable bonds is 18. The van der Waals surface area contributed by atoms with Crippen molar-refractivity contribution in [3.8, 4) is 11.1 Å². The SMILES string of the molecule is CC(=O)N[C@H]1[C@@H](O[C@H](C)[C@H](NC(=O)OCC2c3ccccc3-c3ccccc32)C(=O)OC(C)(C)C)O[C@H](COCc2ccccc2)[C@H](OCc2ccccc2)[C@@H]1OCc1ccccc1. The highest BCUT2D eigenvalue weighted by molar-refractivity contribution is 5.83. The van der Waals surface area contributed by atoms with Gasteiger partial charge in [-0.25, -0.2) is 9.59 Å². The number of fused-ring (bicyclic) bond motifs is 3. The summed E-state index contributed by atoms with van der Waals surface area (Å²) in [7, 11) is 0. The summed E-state index contributed by atoms with van der Waals surface area (Å²) in [5.74, 6) is -1.32. The van der Waals surface area contributed by atoms with Crippen molar-refractivity contribution in [2.45, 2.75) is 109 Å². The van der Waals surface area contributed by atoms with Crippen molar-refractivity contribution < 1.29 is 47.5 Å². The second-order valence-electron chi connectivity index (χ2n) is 17.1. The van der Waals surface area contributed by atoms with Crippen molar-refractivity contribution in [3.05, 3.63) is 167 Å². The molecule has 0 saturated carbocycles. The first kappa shape index (κ1) is 46.1. The highest BCUT2D eigenvalue weighted by Crippen LogP contribution is 2.44. The zero-order valence-corrected chi connectivity index (χ0v) is 37.0. The lowest BCUT2D eigenvalue weighted by molar-refractivity contribution is -0.300. The summed E-state index contributed by atoms with van der Waals surface area (Å²) in [5.41, 5.74) is 6.16. The van der Waals surface area contributed by atoms with Crippen molar-refractivity contribution in [1.29, 1.82) is 0 Å². The van der Waals surface area contributed by atoms with Gasteiger partial charge in [-0.15, -0.1) is 0 Å². The largest absolute Gasteiger partial charge is 0.458 e. The standard InChI is InChI=1S/C52H58N2O10/c1-34(45(49(56)64-52(3,4)5)54-51(57)61-32-43-41-27-17-15-25-39(41)40-26-16-18-28-42(40)43)62-50-46(53-35(2)55)48(60-31-38-23-13-8-14-24-38)47(59-30-37-21-11-7-12-22-37)44(63-50)33-58-29-36-19-9-6-10-20-36/h6-28,34,43-48,50H,29-33H2,1-5H3,(H,53,55)(H,54,57)/t34-,44-,45+,46-,47+,48-,50+/m1/s1. The van der Waals surface area contributed by atoms with Gasteiger partial charge in [-0.3, -0.25) is 4.79 Å². The smallest absolute Gasteiger partial charge is 0.407 e. The molecule has 0 unspecified atom stereocenters. The van der Waals surface area contributed by atoms with E-state index in [0.29, 0.717) is 6.61 Å². The molecule has 2 amide bonds. The van der Waals surface area contributed by atoms with Crippen molar-refractivity contribution >= 4 is 18.0 Å². The number of esters is 1. The monoisotopic (exact) mass is 870 g/mol. The van der Waals surface area contributed by atoms with Gasteiger partial charge in [0.1, 0.15) is 36.6 Å². The van der Waals surface area contributed by atoms with Gasteiger partial charge in [-0.1, -0.05) is 140 Å². The average molecular weight is 871 g/mol. The third kappa shape index (κ3) is 12.2. The maximum Gasteiger partial charge on any atom is 0.407 e. The zero-order valence-electron chi connectivity index (χ0n) is 37.0. The molecule has 2 N–H and O–H groups in total. The molecule has 7 rings (SSSR count). The van der Waals surface area contributed by atoms with Crippen LogP contribution >= 0.6 is 0 Å². The third-order valence-corrected chi connectivity index (χ3v) is 11.1. The minimum Gasteiger partial charge on any atom is -0.458 e. The van der Waals surface area contributed by atoms with Gasteiger partial charge in [-0.05, 0) is 66.6 Å². The molecular formula is C52H58N2O10. The highest BCUT2D eigenvalue weighted by atomic mass is 16.7. The lowest BCUT2D eigenvalue weighted by Crippen LogP contribution is -2.67. The van der Waals surface area contributed by atoms with Crippen LogP contribution in [0.25, 0.3) is 11.1 Å². The molecule has 12 nitrogen and oxygen atoms in total. The van der Waals surface area contributed by atoms with Crippen LogP contribution in [0.15, 0.2) is 140 Å². The fourth-order valence-electron chi connectivity index (χ4n) is 8.13. The molecule has 0 spiro atoms. The van der Waals surface area contributed by atoms with E-state index in [2.05, 4.69) is 22.8 Å². The Morgan fingerprint density at radius 3 is 1.69 bits per heavy atom. The van der Waals surface area contributed by atoms with E-state index in [9.17, 15) is 14.4 Å². The van der Waals surface area contributed by atoms with Crippen LogP contribution in [0.5, 0.6) is 0 Å². The summed E-state index contributed by atoms with van der Waals surface area (Å²) >= 11 is 0. The molecule has 336 valence electrons. The topological polar surface area (TPSA) is 140 Å². The number of hydrogen-bond donors (Lipinski definition) is 2. The van der Waals surface area contributed by atoms with Crippen LogP contribution in [0.4, 0.5) is 4.79 Å². The van der Waals surface area contributed by atoms with Gasteiger partial charge in [0.15, 0.2) is 12.3 Å². The molecule has 2 aliphatic rings. The number of amides is 2. The van der Waals surface area contributed by atoms with Gasteiger partial charge >= 0.3 is 12.1 Å². The summed E-state index contributed by atoms with van der Waals surface area (Å²) < 4.78 is 44.8. The Hall–Kier alpha value is -5.89. The Labute approximate surface area is 375 Å². The number of alkyl carbamates (subject to hydrolysis) is 1. The van der Waals surface area contributed by atoms with Crippen LogP contribution < -0.4 is 10.6 Å². The molecule has 1 aliphatic carbocycles.